The third-order valence-electron chi connectivity index (χ3n) is 5.67. The zero-order valence-electron chi connectivity index (χ0n) is 16.7. The van der Waals surface area contributed by atoms with Crippen LogP contribution in [-0.2, 0) is 15.6 Å². The van der Waals surface area contributed by atoms with Crippen molar-refractivity contribution in [3.05, 3.63) is 71.0 Å². The molecule has 0 spiro atoms. The van der Waals surface area contributed by atoms with E-state index < -0.39 is 9.84 Å². The van der Waals surface area contributed by atoms with Crippen LogP contribution in [0.2, 0.25) is 0 Å². The van der Waals surface area contributed by atoms with Gasteiger partial charge in [-0.2, -0.15) is 0 Å². The molecule has 0 amide bonds. The van der Waals surface area contributed by atoms with Gasteiger partial charge in [0.1, 0.15) is 0 Å². The second-order valence-electron chi connectivity index (χ2n) is 7.81. The molecular weight excluding hydrogens is 402 g/mol. The van der Waals surface area contributed by atoms with Gasteiger partial charge in [0, 0.05) is 28.7 Å². The fourth-order valence-electron chi connectivity index (χ4n) is 4.27. The largest absolute Gasteiger partial charge is 0.344 e. The fraction of sp³-hybridized carbons (Fsp3) is 0.348. The highest BCUT2D eigenvalue weighted by Crippen LogP contribution is 2.30. The first kappa shape index (κ1) is 20.2. The molecule has 0 radical (unpaired) electrons. The molecule has 2 heterocycles. The number of carbonyl (C=O) groups excluding carboxylic acids is 1. The Bertz CT molecular complexity index is 1180. The molecule has 0 aliphatic carbocycles. The fourth-order valence-corrected chi connectivity index (χ4v) is 6.83. The van der Waals surface area contributed by atoms with Crippen LogP contribution in [0.1, 0.15) is 39.8 Å². The normalized spacial score (nSPS) is 18.3. The number of carbonyl (C=O) groups is 1. The van der Waals surface area contributed by atoms with Gasteiger partial charge in [0.2, 0.25) is 0 Å². The van der Waals surface area contributed by atoms with Gasteiger partial charge in [-0.05, 0) is 42.7 Å². The molecule has 4 rings (SSSR count). The first-order chi connectivity index (χ1) is 13.8. The average molecular weight is 428 g/mol. The van der Waals surface area contributed by atoms with E-state index in [4.69, 9.17) is 0 Å². The standard InChI is InChI=1S/C23H25NO3S2/c1-16-11-22(17(2)24(16)21-9-10-29(26,27)15-21)23(25)14-28-13-18-7-8-19-5-3-4-6-20(19)12-18/h3-8,11-12,21H,9-10,13-15H2,1-2H3. The zero-order valence-corrected chi connectivity index (χ0v) is 18.4. The van der Waals surface area contributed by atoms with Crippen LogP contribution in [0.5, 0.6) is 0 Å². The third-order valence-corrected chi connectivity index (χ3v) is 8.43. The summed E-state index contributed by atoms with van der Waals surface area (Å²) in [5.74, 6) is 1.72. The third kappa shape index (κ3) is 4.28. The number of hydrogen-bond donors (Lipinski definition) is 0. The van der Waals surface area contributed by atoms with Gasteiger partial charge in [0.15, 0.2) is 15.6 Å². The lowest BCUT2D eigenvalue weighted by molar-refractivity contribution is 0.102. The maximum Gasteiger partial charge on any atom is 0.174 e. The van der Waals surface area contributed by atoms with E-state index in [0.29, 0.717) is 12.2 Å². The number of nitrogens with zero attached hydrogens (tertiary/aromatic N) is 1. The number of ketones is 1. The van der Waals surface area contributed by atoms with Crippen molar-refractivity contribution in [2.45, 2.75) is 32.1 Å². The van der Waals surface area contributed by atoms with E-state index in [-0.39, 0.29) is 23.3 Å². The van der Waals surface area contributed by atoms with Crippen LogP contribution in [0.4, 0.5) is 0 Å². The number of Topliss-reactive ketones (excluding diaryl/α,β-unsaturated/α-hetero) is 1. The Labute approximate surface area is 176 Å². The first-order valence-corrected chi connectivity index (χ1v) is 12.8. The molecule has 1 atom stereocenters. The van der Waals surface area contributed by atoms with Crippen LogP contribution in [0.3, 0.4) is 0 Å². The van der Waals surface area contributed by atoms with Crippen LogP contribution < -0.4 is 0 Å². The van der Waals surface area contributed by atoms with E-state index in [9.17, 15) is 13.2 Å². The lowest BCUT2D eigenvalue weighted by Crippen LogP contribution is -2.14. The van der Waals surface area contributed by atoms with E-state index in [1.807, 2.05) is 36.6 Å². The predicted molar refractivity (Wildman–Crippen MR) is 121 cm³/mol. The molecule has 1 aliphatic heterocycles. The molecule has 3 aromatic rings. The van der Waals surface area contributed by atoms with Crippen molar-refractivity contribution >= 4 is 38.2 Å². The van der Waals surface area contributed by atoms with Crippen LogP contribution in [-0.4, -0.2) is 36.0 Å². The minimum absolute atomic E-state index is 0.0493. The predicted octanol–water partition coefficient (Wildman–Crippen LogP) is 4.73. The number of fused-ring (bicyclic) bond motifs is 1. The smallest absolute Gasteiger partial charge is 0.174 e. The second kappa shape index (κ2) is 8.00. The van der Waals surface area contributed by atoms with Crippen molar-refractivity contribution in [1.29, 1.82) is 0 Å². The van der Waals surface area contributed by atoms with Gasteiger partial charge in [-0.3, -0.25) is 4.79 Å². The van der Waals surface area contributed by atoms with E-state index >= 15 is 0 Å². The number of thioether (sulfide) groups is 1. The van der Waals surface area contributed by atoms with Gasteiger partial charge >= 0.3 is 0 Å². The number of hydrogen-bond acceptors (Lipinski definition) is 4. The number of benzene rings is 2. The molecule has 1 saturated heterocycles. The molecule has 1 unspecified atom stereocenters. The van der Waals surface area contributed by atoms with Crippen LogP contribution in [0.15, 0.2) is 48.5 Å². The van der Waals surface area contributed by atoms with Crippen LogP contribution in [0, 0.1) is 13.8 Å². The van der Waals surface area contributed by atoms with E-state index in [1.165, 1.54) is 16.3 Å². The molecule has 1 aliphatic rings. The first-order valence-electron chi connectivity index (χ1n) is 9.81. The molecule has 152 valence electrons. The molecule has 4 nitrogen and oxygen atoms in total. The SMILES string of the molecule is Cc1cc(C(=O)CSCc2ccc3ccccc3c2)c(C)n1C1CCS(=O)(=O)C1. The molecule has 1 fully saturated rings. The van der Waals surface area contributed by atoms with Crippen molar-refractivity contribution in [2.75, 3.05) is 17.3 Å². The number of aromatic nitrogens is 1. The van der Waals surface area contributed by atoms with E-state index in [2.05, 4.69) is 30.3 Å². The quantitative estimate of drug-likeness (QED) is 0.534. The Morgan fingerprint density at radius 1 is 1.10 bits per heavy atom. The summed E-state index contributed by atoms with van der Waals surface area (Å²) in [5.41, 5.74) is 3.79. The molecule has 6 heteroatoms. The molecule has 0 saturated carbocycles. The summed E-state index contributed by atoms with van der Waals surface area (Å²) in [4.78, 5) is 12.8. The molecule has 0 bridgehead atoms. The Hall–Kier alpha value is -2.05. The number of sulfone groups is 1. The molecule has 2 aromatic carbocycles. The van der Waals surface area contributed by atoms with Crippen LogP contribution >= 0.6 is 11.8 Å². The summed E-state index contributed by atoms with van der Waals surface area (Å²) in [7, 11) is -2.96. The topological polar surface area (TPSA) is 56.1 Å². The van der Waals surface area contributed by atoms with Gasteiger partial charge in [-0.1, -0.05) is 42.5 Å². The lowest BCUT2D eigenvalue weighted by Gasteiger charge is -2.16. The van der Waals surface area contributed by atoms with E-state index in [1.54, 1.807) is 11.8 Å². The highest BCUT2D eigenvalue weighted by molar-refractivity contribution is 7.99. The number of aryl methyl sites for hydroxylation is 1. The van der Waals surface area contributed by atoms with Gasteiger partial charge < -0.3 is 4.57 Å². The second-order valence-corrected chi connectivity index (χ2v) is 11.0. The minimum atomic E-state index is -2.96. The Morgan fingerprint density at radius 2 is 1.86 bits per heavy atom. The lowest BCUT2D eigenvalue weighted by atomic mass is 10.1. The van der Waals surface area contributed by atoms with Crippen molar-refractivity contribution in [1.82, 2.24) is 4.57 Å². The van der Waals surface area contributed by atoms with Gasteiger partial charge in [0.05, 0.1) is 17.3 Å². The summed E-state index contributed by atoms with van der Waals surface area (Å²) in [6, 6.07) is 16.6. The van der Waals surface area contributed by atoms with Crippen molar-refractivity contribution < 1.29 is 13.2 Å². The van der Waals surface area contributed by atoms with E-state index in [0.717, 1.165) is 22.7 Å². The Balaban J connectivity index is 1.42. The maximum atomic E-state index is 12.8. The highest BCUT2D eigenvalue weighted by Gasteiger charge is 2.31. The van der Waals surface area contributed by atoms with Crippen molar-refractivity contribution in [2.24, 2.45) is 0 Å². The van der Waals surface area contributed by atoms with Crippen LogP contribution in [0.25, 0.3) is 10.8 Å². The van der Waals surface area contributed by atoms with Crippen molar-refractivity contribution in [3.8, 4) is 0 Å². The number of rotatable bonds is 6. The maximum absolute atomic E-state index is 12.8. The summed E-state index contributed by atoms with van der Waals surface area (Å²) in [5, 5.41) is 2.44. The monoisotopic (exact) mass is 427 g/mol. The Morgan fingerprint density at radius 3 is 2.59 bits per heavy atom. The molecular formula is C23H25NO3S2. The summed E-state index contributed by atoms with van der Waals surface area (Å²) in [6.07, 6.45) is 0.628. The minimum Gasteiger partial charge on any atom is -0.344 e. The van der Waals surface area contributed by atoms with Crippen molar-refractivity contribution in [3.63, 3.8) is 0 Å². The molecule has 0 N–H and O–H groups in total. The molecule has 29 heavy (non-hydrogen) atoms. The molecule has 1 aromatic heterocycles. The van der Waals surface area contributed by atoms with Gasteiger partial charge in [0.25, 0.3) is 0 Å². The van der Waals surface area contributed by atoms with Gasteiger partial charge in [-0.25, -0.2) is 8.42 Å². The summed E-state index contributed by atoms with van der Waals surface area (Å²) < 4.78 is 25.8. The zero-order chi connectivity index (χ0) is 20.6. The Kier molecular flexibility index (Phi) is 5.58. The van der Waals surface area contributed by atoms with Gasteiger partial charge in [-0.15, -0.1) is 11.8 Å². The summed E-state index contributed by atoms with van der Waals surface area (Å²) in [6.45, 7) is 3.89. The summed E-state index contributed by atoms with van der Waals surface area (Å²) >= 11 is 1.62. The average Bonchev–Trinajstić information content (AvgIpc) is 3.19. The highest BCUT2D eigenvalue weighted by atomic mass is 32.2.